The molecular formula is C23H19ClN4O2. The summed E-state index contributed by atoms with van der Waals surface area (Å²) < 4.78 is 7.04. The molecule has 1 aliphatic rings. The first-order valence-corrected chi connectivity index (χ1v) is 10.0. The van der Waals surface area contributed by atoms with Crippen LogP contribution in [0.4, 0.5) is 5.69 Å². The molecule has 6 nitrogen and oxygen atoms in total. The number of halogens is 1. The van der Waals surface area contributed by atoms with E-state index in [0.29, 0.717) is 33.9 Å². The van der Waals surface area contributed by atoms with Crippen LogP contribution < -0.4 is 9.64 Å². The number of nitrogens with zero attached hydrogens (tertiary/aromatic N) is 4. The fourth-order valence-electron chi connectivity index (χ4n) is 3.97. The number of carbonyl (C=O) groups is 1. The standard InChI is InChI=1S/C23H19ClN4O2/c1-14-20-21(24)18(23(29)27-11-10-15-6-3-4-9-19(15)27)13-25-22(20)28(26-14)16-7-5-8-17(12-16)30-2/h3-9,12-13H,10-11H2,1-2H3. The van der Waals surface area contributed by atoms with Crippen LogP contribution in [0.2, 0.25) is 5.02 Å². The molecule has 7 heteroatoms. The molecule has 3 heterocycles. The number of aromatic nitrogens is 3. The molecule has 30 heavy (non-hydrogen) atoms. The molecule has 0 unspecified atom stereocenters. The van der Waals surface area contributed by atoms with Crippen LogP contribution in [-0.4, -0.2) is 34.3 Å². The predicted octanol–water partition coefficient (Wildman–Crippen LogP) is 4.59. The number of fused-ring (bicyclic) bond motifs is 2. The third-order valence-electron chi connectivity index (χ3n) is 5.47. The van der Waals surface area contributed by atoms with E-state index in [1.54, 1.807) is 22.9 Å². The van der Waals surface area contributed by atoms with Gasteiger partial charge in [-0.1, -0.05) is 35.9 Å². The van der Waals surface area contributed by atoms with Gasteiger partial charge in [-0.15, -0.1) is 0 Å². The summed E-state index contributed by atoms with van der Waals surface area (Å²) in [7, 11) is 1.62. The second-order valence-corrected chi connectivity index (χ2v) is 7.60. The Morgan fingerprint density at radius 3 is 2.83 bits per heavy atom. The van der Waals surface area contributed by atoms with Gasteiger partial charge in [-0.05, 0) is 37.1 Å². The monoisotopic (exact) mass is 418 g/mol. The largest absolute Gasteiger partial charge is 0.497 e. The molecule has 0 spiro atoms. The Morgan fingerprint density at radius 2 is 2.00 bits per heavy atom. The highest BCUT2D eigenvalue weighted by Gasteiger charge is 2.28. The highest BCUT2D eigenvalue weighted by molar-refractivity contribution is 6.39. The molecule has 0 saturated carbocycles. The average molecular weight is 419 g/mol. The number of aryl methyl sites for hydroxylation is 1. The van der Waals surface area contributed by atoms with E-state index in [0.717, 1.165) is 29.1 Å². The van der Waals surface area contributed by atoms with E-state index in [1.807, 2.05) is 55.5 Å². The summed E-state index contributed by atoms with van der Waals surface area (Å²) in [5.74, 6) is 0.576. The number of para-hydroxylation sites is 1. The molecule has 1 aliphatic heterocycles. The van der Waals surface area contributed by atoms with E-state index in [9.17, 15) is 4.79 Å². The lowest BCUT2D eigenvalue weighted by Crippen LogP contribution is -2.29. The minimum atomic E-state index is -0.145. The number of carbonyl (C=O) groups excluding carboxylic acids is 1. The molecular weight excluding hydrogens is 400 g/mol. The lowest BCUT2D eigenvalue weighted by Gasteiger charge is -2.18. The third kappa shape index (κ3) is 2.83. The van der Waals surface area contributed by atoms with Crippen LogP contribution in [0.15, 0.2) is 54.7 Å². The predicted molar refractivity (Wildman–Crippen MR) is 117 cm³/mol. The molecule has 4 aromatic rings. The molecule has 0 bridgehead atoms. The van der Waals surface area contributed by atoms with Gasteiger partial charge in [-0.2, -0.15) is 5.10 Å². The van der Waals surface area contributed by atoms with Gasteiger partial charge in [0.2, 0.25) is 0 Å². The van der Waals surface area contributed by atoms with Crippen molar-refractivity contribution in [3.8, 4) is 11.4 Å². The quantitative estimate of drug-likeness (QED) is 0.488. The zero-order valence-corrected chi connectivity index (χ0v) is 17.3. The molecule has 5 rings (SSSR count). The van der Waals surface area contributed by atoms with E-state index in [1.165, 1.54) is 0 Å². The van der Waals surface area contributed by atoms with E-state index in [4.69, 9.17) is 16.3 Å². The maximum absolute atomic E-state index is 13.3. The van der Waals surface area contributed by atoms with Crippen LogP contribution in [0.5, 0.6) is 5.75 Å². The Kier molecular flexibility index (Phi) is 4.44. The SMILES string of the molecule is COc1cccc(-n2nc(C)c3c(Cl)c(C(=O)N4CCc5ccccc54)cnc32)c1. The minimum Gasteiger partial charge on any atom is -0.497 e. The van der Waals surface area contributed by atoms with Gasteiger partial charge in [-0.3, -0.25) is 4.79 Å². The van der Waals surface area contributed by atoms with Crippen molar-refractivity contribution in [1.82, 2.24) is 14.8 Å². The maximum atomic E-state index is 13.3. The fourth-order valence-corrected chi connectivity index (χ4v) is 4.33. The van der Waals surface area contributed by atoms with Gasteiger partial charge in [0.25, 0.3) is 5.91 Å². The number of methoxy groups -OCH3 is 1. The molecule has 0 radical (unpaired) electrons. The van der Waals surface area contributed by atoms with Gasteiger partial charge in [0, 0.05) is 24.5 Å². The van der Waals surface area contributed by atoms with E-state index < -0.39 is 0 Å². The summed E-state index contributed by atoms with van der Waals surface area (Å²) >= 11 is 6.74. The molecule has 2 aromatic carbocycles. The first-order valence-electron chi connectivity index (χ1n) is 9.66. The van der Waals surface area contributed by atoms with Crippen LogP contribution in [0.3, 0.4) is 0 Å². The zero-order valence-electron chi connectivity index (χ0n) is 16.6. The van der Waals surface area contributed by atoms with Crippen LogP contribution in [-0.2, 0) is 6.42 Å². The Morgan fingerprint density at radius 1 is 1.17 bits per heavy atom. The first-order chi connectivity index (χ1) is 14.6. The fraction of sp³-hybridized carbons (Fsp3) is 0.174. The molecule has 0 saturated heterocycles. The van der Waals surface area contributed by atoms with Crippen LogP contribution >= 0.6 is 11.6 Å². The molecule has 2 aromatic heterocycles. The van der Waals surface area contributed by atoms with Crippen LogP contribution in [0.25, 0.3) is 16.7 Å². The van der Waals surface area contributed by atoms with Gasteiger partial charge < -0.3 is 9.64 Å². The van der Waals surface area contributed by atoms with Crippen LogP contribution in [0.1, 0.15) is 21.6 Å². The Balaban J connectivity index is 1.60. The van der Waals surface area contributed by atoms with Crippen molar-refractivity contribution in [2.45, 2.75) is 13.3 Å². The number of hydrogen-bond donors (Lipinski definition) is 0. The average Bonchev–Trinajstić information content (AvgIpc) is 3.35. The smallest absolute Gasteiger partial charge is 0.261 e. The lowest BCUT2D eigenvalue weighted by atomic mass is 10.1. The van der Waals surface area contributed by atoms with Crippen molar-refractivity contribution >= 4 is 34.2 Å². The molecule has 0 atom stereocenters. The van der Waals surface area contributed by atoms with Crippen molar-refractivity contribution < 1.29 is 9.53 Å². The van der Waals surface area contributed by atoms with Crippen molar-refractivity contribution in [3.63, 3.8) is 0 Å². The van der Waals surface area contributed by atoms with Crippen LogP contribution in [0, 0.1) is 6.92 Å². The highest BCUT2D eigenvalue weighted by Crippen LogP contribution is 2.34. The number of hydrogen-bond acceptors (Lipinski definition) is 4. The van der Waals surface area contributed by atoms with Gasteiger partial charge in [0.05, 0.1) is 34.5 Å². The third-order valence-corrected chi connectivity index (χ3v) is 5.86. The number of amides is 1. The summed E-state index contributed by atoms with van der Waals surface area (Å²) in [5.41, 5.74) is 4.60. The Labute approximate surface area is 178 Å². The summed E-state index contributed by atoms with van der Waals surface area (Å²) in [5, 5.41) is 5.67. The Bertz CT molecular complexity index is 1300. The number of pyridine rings is 1. The van der Waals surface area contributed by atoms with Crippen molar-refractivity contribution in [2.24, 2.45) is 0 Å². The number of ether oxygens (including phenoxy) is 1. The van der Waals surface area contributed by atoms with Gasteiger partial charge in [0.15, 0.2) is 5.65 Å². The molecule has 0 N–H and O–H groups in total. The van der Waals surface area contributed by atoms with Crippen molar-refractivity contribution in [2.75, 3.05) is 18.6 Å². The summed E-state index contributed by atoms with van der Waals surface area (Å²) in [6, 6.07) is 15.5. The number of rotatable bonds is 3. The molecule has 0 fully saturated rings. The summed E-state index contributed by atoms with van der Waals surface area (Å²) in [6.07, 6.45) is 2.38. The van der Waals surface area contributed by atoms with Gasteiger partial charge in [-0.25, -0.2) is 9.67 Å². The first kappa shape index (κ1) is 18.6. The Hall–Kier alpha value is -3.38. The summed E-state index contributed by atoms with van der Waals surface area (Å²) in [4.78, 5) is 19.6. The van der Waals surface area contributed by atoms with E-state index in [2.05, 4.69) is 10.1 Å². The topological polar surface area (TPSA) is 60.3 Å². The van der Waals surface area contributed by atoms with Gasteiger partial charge >= 0.3 is 0 Å². The molecule has 0 aliphatic carbocycles. The van der Waals surface area contributed by atoms with E-state index >= 15 is 0 Å². The lowest BCUT2D eigenvalue weighted by molar-refractivity contribution is 0.0989. The van der Waals surface area contributed by atoms with Gasteiger partial charge in [0.1, 0.15) is 5.75 Å². The normalized spacial score (nSPS) is 13.0. The molecule has 150 valence electrons. The minimum absolute atomic E-state index is 0.145. The zero-order chi connectivity index (χ0) is 20.8. The van der Waals surface area contributed by atoms with Crippen molar-refractivity contribution in [3.05, 3.63) is 76.6 Å². The second kappa shape index (κ2) is 7.15. The number of anilines is 1. The van der Waals surface area contributed by atoms with Crippen molar-refractivity contribution in [1.29, 1.82) is 0 Å². The van der Waals surface area contributed by atoms with E-state index in [-0.39, 0.29) is 5.91 Å². The molecule has 1 amide bonds. The highest BCUT2D eigenvalue weighted by atomic mass is 35.5. The maximum Gasteiger partial charge on any atom is 0.261 e. The summed E-state index contributed by atoms with van der Waals surface area (Å²) in [6.45, 7) is 2.50. The second-order valence-electron chi connectivity index (χ2n) is 7.22. The number of benzene rings is 2.